The van der Waals surface area contributed by atoms with Crippen molar-refractivity contribution < 1.29 is 4.74 Å². The van der Waals surface area contributed by atoms with Gasteiger partial charge in [-0.05, 0) is 40.1 Å². The quantitative estimate of drug-likeness (QED) is 0.732. The first-order valence-corrected chi connectivity index (χ1v) is 8.67. The zero-order chi connectivity index (χ0) is 15.6. The van der Waals surface area contributed by atoms with E-state index >= 15 is 0 Å². The molecule has 3 heterocycles. The predicted octanol–water partition coefficient (Wildman–Crippen LogP) is 3.71. The summed E-state index contributed by atoms with van der Waals surface area (Å²) in [4.78, 5) is 7.00. The van der Waals surface area contributed by atoms with E-state index in [0.717, 1.165) is 31.2 Å². The fraction of sp³-hybridized carbons (Fsp3) is 0.278. The number of ether oxygens (including phenoxy) is 1. The van der Waals surface area contributed by atoms with E-state index in [1.807, 2.05) is 18.3 Å². The van der Waals surface area contributed by atoms with Crippen molar-refractivity contribution in [2.24, 2.45) is 0 Å². The highest BCUT2D eigenvalue weighted by atomic mass is 32.1. The van der Waals surface area contributed by atoms with Gasteiger partial charge in [-0.2, -0.15) is 11.3 Å². The van der Waals surface area contributed by atoms with Crippen molar-refractivity contribution in [3.63, 3.8) is 0 Å². The molecule has 5 heteroatoms. The minimum absolute atomic E-state index is 0.350. The van der Waals surface area contributed by atoms with Crippen LogP contribution in [0.4, 0.5) is 0 Å². The molecule has 0 spiro atoms. The van der Waals surface area contributed by atoms with Crippen molar-refractivity contribution in [1.29, 1.82) is 0 Å². The number of fused-ring (bicyclic) bond motifs is 1. The Kier molecular flexibility index (Phi) is 3.89. The summed E-state index contributed by atoms with van der Waals surface area (Å²) < 4.78 is 7.55. The summed E-state index contributed by atoms with van der Waals surface area (Å²) in [7, 11) is 1.70. The highest BCUT2D eigenvalue weighted by Gasteiger charge is 2.28. The Morgan fingerprint density at radius 2 is 2.13 bits per heavy atom. The van der Waals surface area contributed by atoms with Crippen LogP contribution in [0.1, 0.15) is 23.0 Å². The lowest BCUT2D eigenvalue weighted by Crippen LogP contribution is -2.36. The van der Waals surface area contributed by atoms with Crippen molar-refractivity contribution in [3.05, 3.63) is 70.4 Å². The molecule has 1 aliphatic heterocycles. The summed E-state index contributed by atoms with van der Waals surface area (Å²) >= 11 is 1.75. The molecule has 0 bridgehead atoms. The van der Waals surface area contributed by atoms with Gasteiger partial charge in [0.05, 0.1) is 19.7 Å². The highest BCUT2D eigenvalue weighted by molar-refractivity contribution is 7.07. The van der Waals surface area contributed by atoms with E-state index in [0.29, 0.717) is 6.04 Å². The molecule has 2 aromatic heterocycles. The molecule has 1 atom stereocenters. The Morgan fingerprint density at radius 1 is 1.26 bits per heavy atom. The van der Waals surface area contributed by atoms with Crippen LogP contribution in [0.2, 0.25) is 0 Å². The first-order chi connectivity index (χ1) is 11.3. The SMILES string of the molecule is COc1ccc([C@H]2Cn3ccnc3CN2Cc2ccsc2)cc1. The molecule has 0 unspecified atom stereocenters. The van der Waals surface area contributed by atoms with Crippen LogP contribution in [-0.4, -0.2) is 21.6 Å². The van der Waals surface area contributed by atoms with Gasteiger partial charge in [0, 0.05) is 25.5 Å². The number of benzene rings is 1. The maximum atomic E-state index is 5.29. The Balaban J connectivity index is 1.65. The maximum Gasteiger partial charge on any atom is 0.122 e. The van der Waals surface area contributed by atoms with E-state index < -0.39 is 0 Å². The Morgan fingerprint density at radius 3 is 2.87 bits per heavy atom. The molecule has 4 nitrogen and oxygen atoms in total. The number of hydrogen-bond acceptors (Lipinski definition) is 4. The van der Waals surface area contributed by atoms with Crippen LogP contribution in [0.15, 0.2) is 53.5 Å². The molecular formula is C18H19N3OS. The topological polar surface area (TPSA) is 30.3 Å². The van der Waals surface area contributed by atoms with Crippen LogP contribution in [0.3, 0.4) is 0 Å². The van der Waals surface area contributed by atoms with E-state index in [4.69, 9.17) is 4.74 Å². The standard InChI is InChI=1S/C18H19N3OS/c1-22-16-4-2-15(3-5-16)17-11-20-8-7-19-18(20)12-21(17)10-14-6-9-23-13-14/h2-9,13,17H,10-12H2,1H3/t17-/m1/s1. The smallest absolute Gasteiger partial charge is 0.122 e. The van der Waals surface area contributed by atoms with Gasteiger partial charge in [-0.15, -0.1) is 0 Å². The molecular weight excluding hydrogens is 306 g/mol. The van der Waals surface area contributed by atoms with Gasteiger partial charge >= 0.3 is 0 Å². The Bertz CT molecular complexity index is 764. The Labute approximate surface area is 140 Å². The van der Waals surface area contributed by atoms with Gasteiger partial charge in [0.1, 0.15) is 11.6 Å². The van der Waals surface area contributed by atoms with Crippen LogP contribution < -0.4 is 4.74 Å². The van der Waals surface area contributed by atoms with Gasteiger partial charge in [0.25, 0.3) is 0 Å². The zero-order valence-electron chi connectivity index (χ0n) is 13.1. The van der Waals surface area contributed by atoms with Crippen LogP contribution in [0, 0.1) is 0 Å². The third-order valence-corrected chi connectivity index (χ3v) is 5.16. The van der Waals surface area contributed by atoms with Crippen molar-refractivity contribution in [2.75, 3.05) is 7.11 Å². The summed E-state index contributed by atoms with van der Waals surface area (Å²) in [5.41, 5.74) is 2.69. The average Bonchev–Trinajstić information content (AvgIpc) is 3.25. The van der Waals surface area contributed by atoms with Crippen LogP contribution in [0.5, 0.6) is 5.75 Å². The molecule has 23 heavy (non-hydrogen) atoms. The fourth-order valence-electron chi connectivity index (χ4n) is 3.18. The maximum absolute atomic E-state index is 5.29. The third-order valence-electron chi connectivity index (χ3n) is 4.42. The highest BCUT2D eigenvalue weighted by Crippen LogP contribution is 2.31. The number of thiophene rings is 1. The molecule has 4 rings (SSSR count). The van der Waals surface area contributed by atoms with Crippen molar-refractivity contribution >= 4 is 11.3 Å². The van der Waals surface area contributed by atoms with Crippen molar-refractivity contribution in [1.82, 2.24) is 14.5 Å². The summed E-state index contributed by atoms with van der Waals surface area (Å²) in [5.74, 6) is 2.04. The Hall–Kier alpha value is -2.11. The minimum Gasteiger partial charge on any atom is -0.497 e. The van der Waals surface area contributed by atoms with Gasteiger partial charge in [0.15, 0.2) is 0 Å². The largest absolute Gasteiger partial charge is 0.497 e. The number of aromatic nitrogens is 2. The molecule has 1 aliphatic rings. The lowest BCUT2D eigenvalue weighted by Gasteiger charge is -2.36. The first kappa shape index (κ1) is 14.5. The monoisotopic (exact) mass is 325 g/mol. The van der Waals surface area contributed by atoms with E-state index in [1.54, 1.807) is 18.4 Å². The number of imidazole rings is 1. The van der Waals surface area contributed by atoms with E-state index in [-0.39, 0.29) is 0 Å². The van der Waals surface area contributed by atoms with Crippen molar-refractivity contribution in [2.45, 2.75) is 25.7 Å². The molecule has 0 saturated carbocycles. The van der Waals surface area contributed by atoms with E-state index in [2.05, 4.69) is 49.6 Å². The fourth-order valence-corrected chi connectivity index (χ4v) is 3.84. The number of methoxy groups -OCH3 is 1. The molecule has 0 aliphatic carbocycles. The molecule has 0 fully saturated rings. The molecule has 1 aromatic carbocycles. The molecule has 0 saturated heterocycles. The second-order valence-corrected chi connectivity index (χ2v) is 6.60. The van der Waals surface area contributed by atoms with Crippen LogP contribution in [0.25, 0.3) is 0 Å². The van der Waals surface area contributed by atoms with Gasteiger partial charge in [0.2, 0.25) is 0 Å². The molecule has 0 amide bonds. The second-order valence-electron chi connectivity index (χ2n) is 5.82. The lowest BCUT2D eigenvalue weighted by atomic mass is 10.0. The molecule has 3 aromatic rings. The lowest BCUT2D eigenvalue weighted by molar-refractivity contribution is 0.128. The normalized spacial score (nSPS) is 17.9. The van der Waals surface area contributed by atoms with Crippen LogP contribution >= 0.6 is 11.3 Å². The summed E-state index contributed by atoms with van der Waals surface area (Å²) in [6.07, 6.45) is 3.97. The molecule has 0 radical (unpaired) electrons. The van der Waals surface area contributed by atoms with Gasteiger partial charge in [-0.1, -0.05) is 12.1 Å². The second kappa shape index (κ2) is 6.18. The summed E-state index contributed by atoms with van der Waals surface area (Å²) in [6.45, 7) is 2.76. The van der Waals surface area contributed by atoms with E-state index in [9.17, 15) is 0 Å². The number of nitrogens with zero attached hydrogens (tertiary/aromatic N) is 3. The third kappa shape index (κ3) is 2.90. The number of rotatable bonds is 4. The van der Waals surface area contributed by atoms with Gasteiger partial charge < -0.3 is 9.30 Å². The average molecular weight is 325 g/mol. The van der Waals surface area contributed by atoms with Crippen molar-refractivity contribution in [3.8, 4) is 5.75 Å². The number of hydrogen-bond donors (Lipinski definition) is 0. The van der Waals surface area contributed by atoms with Gasteiger partial charge in [-0.3, -0.25) is 4.90 Å². The zero-order valence-corrected chi connectivity index (χ0v) is 13.9. The summed E-state index contributed by atoms with van der Waals surface area (Å²) in [6, 6.07) is 11.0. The predicted molar refractivity (Wildman–Crippen MR) is 91.5 cm³/mol. The summed E-state index contributed by atoms with van der Waals surface area (Å²) in [5, 5.41) is 4.37. The molecule has 0 N–H and O–H groups in total. The first-order valence-electron chi connectivity index (χ1n) is 7.72. The van der Waals surface area contributed by atoms with Crippen LogP contribution in [-0.2, 0) is 19.6 Å². The molecule has 118 valence electrons. The van der Waals surface area contributed by atoms with Gasteiger partial charge in [-0.25, -0.2) is 4.98 Å². The minimum atomic E-state index is 0.350. The van der Waals surface area contributed by atoms with E-state index in [1.165, 1.54) is 11.1 Å².